The molecule has 2 nitrogen and oxygen atoms in total. The van der Waals surface area contributed by atoms with Gasteiger partial charge in [-0.15, -0.1) is 0 Å². The molecule has 0 aromatic carbocycles. The van der Waals surface area contributed by atoms with Crippen molar-refractivity contribution < 1.29 is 0 Å². The number of nitrogens with one attached hydrogen (secondary N) is 1. The summed E-state index contributed by atoms with van der Waals surface area (Å²) in [6, 6.07) is 1.71. The minimum absolute atomic E-state index is 0.828. The average Bonchev–Trinajstić information content (AvgIpc) is 2.83. The fraction of sp³-hybridized carbons (Fsp3) is 1.00. The van der Waals surface area contributed by atoms with Gasteiger partial charge >= 0.3 is 0 Å². The van der Waals surface area contributed by atoms with Crippen molar-refractivity contribution in [1.82, 2.24) is 10.2 Å². The lowest BCUT2D eigenvalue weighted by atomic mass is 9.86. The SMILES string of the molecule is CC1CCC(N(C)CCCC2CCCN2)CC1. The van der Waals surface area contributed by atoms with Crippen molar-refractivity contribution in [2.24, 2.45) is 5.92 Å². The van der Waals surface area contributed by atoms with Gasteiger partial charge in [0.25, 0.3) is 0 Å². The molecule has 1 N–H and O–H groups in total. The molecular weight excluding hydrogens is 208 g/mol. The lowest BCUT2D eigenvalue weighted by molar-refractivity contribution is 0.167. The molecule has 0 aromatic heterocycles. The third-order valence-electron chi connectivity index (χ3n) is 4.83. The second-order valence-corrected chi connectivity index (χ2v) is 6.33. The number of nitrogens with zero attached hydrogens (tertiary/aromatic N) is 1. The molecular formula is C15H30N2. The van der Waals surface area contributed by atoms with Crippen LogP contribution in [0.5, 0.6) is 0 Å². The molecule has 2 fully saturated rings. The largest absolute Gasteiger partial charge is 0.314 e. The van der Waals surface area contributed by atoms with Crippen molar-refractivity contribution in [3.8, 4) is 0 Å². The third-order valence-corrected chi connectivity index (χ3v) is 4.83. The minimum atomic E-state index is 0.828. The van der Waals surface area contributed by atoms with E-state index in [4.69, 9.17) is 0 Å². The van der Waals surface area contributed by atoms with Gasteiger partial charge in [0.1, 0.15) is 0 Å². The van der Waals surface area contributed by atoms with Crippen molar-refractivity contribution in [3.63, 3.8) is 0 Å². The second-order valence-electron chi connectivity index (χ2n) is 6.33. The number of rotatable bonds is 5. The quantitative estimate of drug-likeness (QED) is 0.792. The van der Waals surface area contributed by atoms with Crippen LogP contribution < -0.4 is 5.32 Å². The Hall–Kier alpha value is -0.0800. The first kappa shape index (κ1) is 13.4. The lowest BCUT2D eigenvalue weighted by Crippen LogP contribution is -2.36. The first-order valence-corrected chi connectivity index (χ1v) is 7.69. The first-order chi connectivity index (χ1) is 8.25. The molecule has 0 radical (unpaired) electrons. The van der Waals surface area contributed by atoms with Crippen molar-refractivity contribution in [1.29, 1.82) is 0 Å². The Labute approximate surface area is 107 Å². The topological polar surface area (TPSA) is 15.3 Å². The summed E-state index contributed by atoms with van der Waals surface area (Å²) in [6.45, 7) is 4.96. The van der Waals surface area contributed by atoms with Crippen LogP contribution in [0.2, 0.25) is 0 Å². The molecule has 0 amide bonds. The van der Waals surface area contributed by atoms with Crippen LogP contribution in [-0.2, 0) is 0 Å². The fourth-order valence-electron chi connectivity index (χ4n) is 3.46. The summed E-state index contributed by atoms with van der Waals surface area (Å²) in [5, 5.41) is 3.60. The van der Waals surface area contributed by atoms with E-state index in [-0.39, 0.29) is 0 Å². The Morgan fingerprint density at radius 2 is 1.88 bits per heavy atom. The molecule has 0 spiro atoms. The first-order valence-electron chi connectivity index (χ1n) is 7.69. The van der Waals surface area contributed by atoms with Crippen LogP contribution in [0.25, 0.3) is 0 Å². The third kappa shape index (κ3) is 4.26. The Kier molecular flexibility index (Phi) is 5.30. The second kappa shape index (κ2) is 6.75. The predicted octanol–water partition coefficient (Wildman–Crippen LogP) is 3.03. The molecule has 2 heteroatoms. The van der Waals surface area contributed by atoms with Gasteiger partial charge in [-0.25, -0.2) is 0 Å². The van der Waals surface area contributed by atoms with Crippen LogP contribution >= 0.6 is 0 Å². The highest BCUT2D eigenvalue weighted by Crippen LogP contribution is 2.26. The van der Waals surface area contributed by atoms with Gasteiger partial charge in [-0.05, 0) is 77.4 Å². The summed E-state index contributed by atoms with van der Waals surface area (Å²) in [4.78, 5) is 2.63. The molecule has 0 bridgehead atoms. The Morgan fingerprint density at radius 1 is 1.12 bits per heavy atom. The van der Waals surface area contributed by atoms with E-state index < -0.39 is 0 Å². The van der Waals surface area contributed by atoms with Gasteiger partial charge in [0.2, 0.25) is 0 Å². The molecule has 1 aliphatic carbocycles. The Balaban J connectivity index is 1.58. The zero-order valence-corrected chi connectivity index (χ0v) is 11.8. The zero-order chi connectivity index (χ0) is 12.1. The molecule has 2 aliphatic rings. The summed E-state index contributed by atoms with van der Waals surface area (Å²) < 4.78 is 0. The van der Waals surface area contributed by atoms with Crippen LogP contribution in [0.3, 0.4) is 0 Å². The van der Waals surface area contributed by atoms with E-state index in [0.717, 1.165) is 18.0 Å². The van der Waals surface area contributed by atoms with Crippen molar-refractivity contribution in [2.75, 3.05) is 20.1 Å². The highest BCUT2D eigenvalue weighted by molar-refractivity contribution is 4.78. The van der Waals surface area contributed by atoms with Crippen LogP contribution in [0.4, 0.5) is 0 Å². The van der Waals surface area contributed by atoms with Crippen molar-refractivity contribution in [2.45, 2.75) is 70.4 Å². The maximum atomic E-state index is 3.60. The predicted molar refractivity (Wildman–Crippen MR) is 74.3 cm³/mol. The van der Waals surface area contributed by atoms with Crippen molar-refractivity contribution in [3.05, 3.63) is 0 Å². The minimum Gasteiger partial charge on any atom is -0.314 e. The van der Waals surface area contributed by atoms with Crippen LogP contribution in [0, 0.1) is 5.92 Å². The van der Waals surface area contributed by atoms with E-state index >= 15 is 0 Å². The van der Waals surface area contributed by atoms with Crippen LogP contribution in [-0.4, -0.2) is 37.1 Å². The standard InChI is InChI=1S/C15H30N2/c1-13-7-9-15(10-8-13)17(2)12-4-6-14-5-3-11-16-14/h13-16H,3-12H2,1-2H3. The highest BCUT2D eigenvalue weighted by atomic mass is 15.1. The van der Waals surface area contributed by atoms with E-state index in [0.29, 0.717) is 0 Å². The van der Waals surface area contributed by atoms with Gasteiger partial charge in [0.05, 0.1) is 0 Å². The van der Waals surface area contributed by atoms with Gasteiger partial charge in [-0.1, -0.05) is 6.92 Å². The maximum Gasteiger partial charge on any atom is 0.00924 e. The molecule has 1 saturated carbocycles. The van der Waals surface area contributed by atoms with Gasteiger partial charge in [-0.3, -0.25) is 0 Å². The van der Waals surface area contributed by atoms with E-state index in [1.54, 1.807) is 0 Å². The lowest BCUT2D eigenvalue weighted by Gasteiger charge is -2.33. The summed E-state index contributed by atoms with van der Waals surface area (Å²) in [5.74, 6) is 0.974. The highest BCUT2D eigenvalue weighted by Gasteiger charge is 2.21. The molecule has 1 heterocycles. The van der Waals surface area contributed by atoms with Crippen LogP contribution in [0.1, 0.15) is 58.3 Å². The zero-order valence-electron chi connectivity index (χ0n) is 11.8. The van der Waals surface area contributed by atoms with E-state index in [1.165, 1.54) is 64.5 Å². The molecule has 1 atom stereocenters. The van der Waals surface area contributed by atoms with Crippen LogP contribution in [0.15, 0.2) is 0 Å². The molecule has 1 saturated heterocycles. The monoisotopic (exact) mass is 238 g/mol. The van der Waals surface area contributed by atoms with E-state index in [9.17, 15) is 0 Å². The normalized spacial score (nSPS) is 34.4. The van der Waals surface area contributed by atoms with Gasteiger partial charge in [0, 0.05) is 12.1 Å². The molecule has 17 heavy (non-hydrogen) atoms. The van der Waals surface area contributed by atoms with Gasteiger partial charge in [0.15, 0.2) is 0 Å². The summed E-state index contributed by atoms with van der Waals surface area (Å²) in [6.07, 6.45) is 11.3. The number of hydrogen-bond donors (Lipinski definition) is 1. The average molecular weight is 238 g/mol. The molecule has 1 aliphatic heterocycles. The van der Waals surface area contributed by atoms with E-state index in [2.05, 4.69) is 24.2 Å². The molecule has 2 rings (SSSR count). The summed E-state index contributed by atoms with van der Waals surface area (Å²) in [7, 11) is 2.34. The maximum absolute atomic E-state index is 3.60. The van der Waals surface area contributed by atoms with Gasteiger partial charge < -0.3 is 10.2 Å². The summed E-state index contributed by atoms with van der Waals surface area (Å²) >= 11 is 0. The fourth-order valence-corrected chi connectivity index (χ4v) is 3.46. The molecule has 0 aromatic rings. The molecule has 1 unspecified atom stereocenters. The van der Waals surface area contributed by atoms with Crippen molar-refractivity contribution >= 4 is 0 Å². The van der Waals surface area contributed by atoms with E-state index in [1.807, 2.05) is 0 Å². The molecule has 100 valence electrons. The Bertz CT molecular complexity index is 203. The van der Waals surface area contributed by atoms with Gasteiger partial charge in [-0.2, -0.15) is 0 Å². The Morgan fingerprint density at radius 3 is 2.53 bits per heavy atom. The summed E-state index contributed by atoms with van der Waals surface area (Å²) in [5.41, 5.74) is 0. The smallest absolute Gasteiger partial charge is 0.00924 e. The number of hydrogen-bond acceptors (Lipinski definition) is 2.